The van der Waals surface area contributed by atoms with Gasteiger partial charge in [0.05, 0.1) is 19.4 Å². The van der Waals surface area contributed by atoms with Crippen LogP contribution in [0, 0.1) is 0 Å². The second kappa shape index (κ2) is 4.95. The molecule has 1 aromatic carbocycles. The Hall–Kier alpha value is -1.98. The number of benzene rings is 1. The number of halogens is 3. The second-order valence-electron chi connectivity index (χ2n) is 4.16. The number of esters is 1. The van der Waals surface area contributed by atoms with Crippen molar-refractivity contribution >= 4 is 16.9 Å². The monoisotopic (exact) mass is 271 g/mol. The summed E-state index contributed by atoms with van der Waals surface area (Å²) in [5.74, 6) is -2.75. The molecule has 3 nitrogen and oxygen atoms in total. The molecule has 0 amide bonds. The highest BCUT2D eigenvalue weighted by atomic mass is 19.4. The molecule has 102 valence electrons. The Labute approximate surface area is 107 Å². The third-order valence-corrected chi connectivity index (χ3v) is 2.99. The van der Waals surface area contributed by atoms with Gasteiger partial charge < -0.3 is 9.72 Å². The lowest BCUT2D eigenvalue weighted by Crippen LogP contribution is -2.24. The first kappa shape index (κ1) is 13.5. The molecule has 1 aromatic heterocycles. The number of H-pyrrole nitrogens is 1. The van der Waals surface area contributed by atoms with E-state index in [1.807, 2.05) is 0 Å². The molecule has 0 unspecified atom stereocenters. The van der Waals surface area contributed by atoms with Crippen LogP contribution in [0.15, 0.2) is 30.5 Å². The van der Waals surface area contributed by atoms with Crippen LogP contribution in [-0.2, 0) is 9.53 Å². The van der Waals surface area contributed by atoms with E-state index in [9.17, 15) is 18.0 Å². The van der Waals surface area contributed by atoms with Crippen LogP contribution in [0.4, 0.5) is 13.2 Å². The average Bonchev–Trinajstić information content (AvgIpc) is 2.78. The molecule has 1 heterocycles. The van der Waals surface area contributed by atoms with Crippen LogP contribution in [0.3, 0.4) is 0 Å². The zero-order chi connectivity index (χ0) is 14.0. The van der Waals surface area contributed by atoms with Crippen molar-refractivity contribution in [1.29, 1.82) is 0 Å². The number of methoxy groups -OCH3 is 1. The van der Waals surface area contributed by atoms with E-state index in [1.54, 1.807) is 24.3 Å². The maximum Gasteiger partial charge on any atom is 0.396 e. The van der Waals surface area contributed by atoms with Crippen molar-refractivity contribution in [2.24, 2.45) is 0 Å². The first-order valence-electron chi connectivity index (χ1n) is 5.63. The highest BCUT2D eigenvalue weighted by Gasteiger charge is 2.43. The molecule has 0 saturated carbocycles. The van der Waals surface area contributed by atoms with Crippen LogP contribution >= 0.6 is 0 Å². The zero-order valence-electron chi connectivity index (χ0n) is 10.1. The molecule has 0 saturated heterocycles. The molecule has 0 fully saturated rings. The maximum atomic E-state index is 13.1. The smallest absolute Gasteiger partial charge is 0.396 e. The molecule has 0 aliphatic carbocycles. The molecule has 2 aromatic rings. The number of fused-ring (bicyclic) bond motifs is 1. The van der Waals surface area contributed by atoms with E-state index in [0.29, 0.717) is 10.9 Å². The normalized spacial score (nSPS) is 13.5. The van der Waals surface area contributed by atoms with Gasteiger partial charge in [-0.25, -0.2) is 0 Å². The molecule has 0 aliphatic heterocycles. The van der Waals surface area contributed by atoms with Gasteiger partial charge in [0, 0.05) is 17.1 Å². The van der Waals surface area contributed by atoms with Gasteiger partial charge in [0.25, 0.3) is 0 Å². The van der Waals surface area contributed by atoms with Crippen molar-refractivity contribution in [2.75, 3.05) is 7.11 Å². The van der Waals surface area contributed by atoms with Crippen LogP contribution in [0.2, 0.25) is 0 Å². The predicted molar refractivity (Wildman–Crippen MR) is 63.7 cm³/mol. The van der Waals surface area contributed by atoms with E-state index in [0.717, 1.165) is 7.11 Å². The van der Waals surface area contributed by atoms with Crippen molar-refractivity contribution in [2.45, 2.75) is 18.5 Å². The minimum absolute atomic E-state index is 0.0634. The maximum absolute atomic E-state index is 13.1. The summed E-state index contributed by atoms with van der Waals surface area (Å²) in [5.41, 5.74) is 0.671. The Morgan fingerprint density at radius 2 is 2.05 bits per heavy atom. The lowest BCUT2D eigenvalue weighted by atomic mass is 9.94. The van der Waals surface area contributed by atoms with E-state index >= 15 is 0 Å². The van der Waals surface area contributed by atoms with Gasteiger partial charge in [-0.15, -0.1) is 0 Å². The van der Waals surface area contributed by atoms with Crippen LogP contribution in [-0.4, -0.2) is 24.2 Å². The molecule has 2 rings (SSSR count). The minimum Gasteiger partial charge on any atom is -0.469 e. The number of carbonyl (C=O) groups excluding carboxylic acids is 1. The number of aromatic amines is 1. The number of hydrogen-bond donors (Lipinski definition) is 1. The van der Waals surface area contributed by atoms with Crippen molar-refractivity contribution in [3.8, 4) is 0 Å². The molecule has 19 heavy (non-hydrogen) atoms. The summed E-state index contributed by atoms with van der Waals surface area (Å²) >= 11 is 0. The van der Waals surface area contributed by atoms with Gasteiger partial charge >= 0.3 is 12.1 Å². The summed E-state index contributed by atoms with van der Waals surface area (Å²) in [6.07, 6.45) is -3.92. The molecule has 0 radical (unpaired) electrons. The molecule has 0 bridgehead atoms. The van der Waals surface area contributed by atoms with E-state index in [4.69, 9.17) is 0 Å². The Kier molecular flexibility index (Phi) is 3.50. The van der Waals surface area contributed by atoms with Crippen LogP contribution in [0.5, 0.6) is 0 Å². The summed E-state index contributed by atoms with van der Waals surface area (Å²) in [4.78, 5) is 13.9. The van der Waals surface area contributed by atoms with Crippen molar-refractivity contribution in [3.63, 3.8) is 0 Å². The van der Waals surface area contributed by atoms with Crippen molar-refractivity contribution in [3.05, 3.63) is 36.0 Å². The largest absolute Gasteiger partial charge is 0.469 e. The van der Waals surface area contributed by atoms with E-state index in [-0.39, 0.29) is 5.56 Å². The van der Waals surface area contributed by atoms with Gasteiger partial charge in [-0.1, -0.05) is 18.2 Å². The summed E-state index contributed by atoms with van der Waals surface area (Å²) in [6.45, 7) is 0. The number of nitrogens with one attached hydrogen (secondary N) is 1. The van der Waals surface area contributed by atoms with Crippen LogP contribution in [0.25, 0.3) is 10.9 Å². The molecule has 0 aliphatic rings. The highest BCUT2D eigenvalue weighted by Crippen LogP contribution is 2.40. The number of rotatable bonds is 3. The van der Waals surface area contributed by atoms with Gasteiger partial charge in [-0.2, -0.15) is 13.2 Å². The zero-order valence-corrected chi connectivity index (χ0v) is 10.1. The summed E-state index contributed by atoms with van der Waals surface area (Å²) in [5, 5.41) is 0.466. The first-order chi connectivity index (χ1) is 8.93. The van der Waals surface area contributed by atoms with E-state index in [2.05, 4.69) is 9.72 Å². The van der Waals surface area contributed by atoms with Crippen LogP contribution < -0.4 is 0 Å². The molecule has 1 atom stereocenters. The molecule has 6 heteroatoms. The van der Waals surface area contributed by atoms with Gasteiger partial charge in [0.15, 0.2) is 0 Å². The fourth-order valence-electron chi connectivity index (χ4n) is 2.03. The third kappa shape index (κ3) is 2.72. The number of alkyl halides is 3. The third-order valence-electron chi connectivity index (χ3n) is 2.99. The number of para-hydroxylation sites is 1. The van der Waals surface area contributed by atoms with Gasteiger partial charge in [0.1, 0.15) is 0 Å². The Morgan fingerprint density at radius 3 is 2.68 bits per heavy atom. The summed E-state index contributed by atoms with van der Waals surface area (Å²) in [7, 11) is 1.07. The number of carbonyl (C=O) groups is 1. The second-order valence-corrected chi connectivity index (χ2v) is 4.16. The van der Waals surface area contributed by atoms with Gasteiger partial charge in [-0.3, -0.25) is 4.79 Å². The quantitative estimate of drug-likeness (QED) is 0.869. The fourth-order valence-corrected chi connectivity index (χ4v) is 2.03. The van der Waals surface area contributed by atoms with E-state index in [1.165, 1.54) is 6.20 Å². The summed E-state index contributed by atoms with van der Waals surface area (Å²) in [6, 6.07) is 6.67. The molecular weight excluding hydrogens is 259 g/mol. The lowest BCUT2D eigenvalue weighted by Gasteiger charge is -2.18. The first-order valence-corrected chi connectivity index (χ1v) is 5.63. The number of ether oxygens (including phenoxy) is 1. The van der Waals surface area contributed by atoms with Gasteiger partial charge in [0.2, 0.25) is 0 Å². The summed E-state index contributed by atoms with van der Waals surface area (Å²) < 4.78 is 43.6. The predicted octanol–water partition coefficient (Wildman–Crippen LogP) is 3.38. The van der Waals surface area contributed by atoms with E-state index < -0.39 is 24.5 Å². The molecule has 0 spiro atoms. The van der Waals surface area contributed by atoms with Crippen LogP contribution in [0.1, 0.15) is 17.9 Å². The molecule has 1 N–H and O–H groups in total. The average molecular weight is 271 g/mol. The van der Waals surface area contributed by atoms with Gasteiger partial charge in [-0.05, 0) is 11.6 Å². The topological polar surface area (TPSA) is 42.1 Å². The molecular formula is C13H12F3NO2. The number of aromatic nitrogens is 1. The SMILES string of the molecule is COC(=O)C[C@@H](c1c[nH]c2ccccc12)C(F)(F)F. The number of hydrogen-bond acceptors (Lipinski definition) is 2. The fraction of sp³-hybridized carbons (Fsp3) is 0.308. The van der Waals surface area contributed by atoms with Crippen molar-refractivity contribution < 1.29 is 22.7 Å². The van der Waals surface area contributed by atoms with Crippen molar-refractivity contribution in [1.82, 2.24) is 4.98 Å². The minimum atomic E-state index is -4.50. The Morgan fingerprint density at radius 1 is 1.37 bits per heavy atom. The Bertz CT molecular complexity index is 589. The highest BCUT2D eigenvalue weighted by molar-refractivity contribution is 5.84. The lowest BCUT2D eigenvalue weighted by molar-refractivity contribution is -0.164. The standard InChI is InChI=1S/C13H12F3NO2/c1-19-12(18)6-10(13(14,15)16)9-7-17-11-5-3-2-4-8(9)11/h2-5,7,10,17H,6H2,1H3/t10-/m0/s1. The Balaban J connectivity index is 2.46.